The van der Waals surface area contributed by atoms with Gasteiger partial charge in [0.15, 0.2) is 11.8 Å². The van der Waals surface area contributed by atoms with E-state index >= 15 is 0 Å². The second-order valence-electron chi connectivity index (χ2n) is 6.95. The number of nitrogens with zero attached hydrogens (tertiary/aromatic N) is 3. The van der Waals surface area contributed by atoms with E-state index in [2.05, 4.69) is 25.8 Å². The van der Waals surface area contributed by atoms with Gasteiger partial charge in [-0.25, -0.2) is 0 Å². The van der Waals surface area contributed by atoms with Gasteiger partial charge in [-0.3, -0.25) is 4.99 Å². The summed E-state index contributed by atoms with van der Waals surface area (Å²) in [5.41, 5.74) is 0. The molecule has 0 spiro atoms. The maximum absolute atomic E-state index is 12.8. The van der Waals surface area contributed by atoms with E-state index in [1.54, 1.807) is 0 Å². The summed E-state index contributed by atoms with van der Waals surface area (Å²) in [5, 5.41) is 10.3. The molecule has 156 valence electrons. The van der Waals surface area contributed by atoms with Crippen LogP contribution in [0.2, 0.25) is 0 Å². The van der Waals surface area contributed by atoms with Gasteiger partial charge in [0.1, 0.15) is 0 Å². The fraction of sp³-hybridized carbons (Fsp3) is 0.824. The summed E-state index contributed by atoms with van der Waals surface area (Å²) >= 11 is 0. The lowest BCUT2D eigenvalue weighted by Gasteiger charge is -2.31. The van der Waals surface area contributed by atoms with Crippen LogP contribution in [-0.2, 0) is 6.42 Å². The molecule has 2 N–H and O–H groups in total. The van der Waals surface area contributed by atoms with Crippen molar-refractivity contribution in [2.45, 2.75) is 71.0 Å². The largest absolute Gasteiger partial charge is 0.391 e. The van der Waals surface area contributed by atoms with E-state index in [0.717, 1.165) is 0 Å². The van der Waals surface area contributed by atoms with Crippen molar-refractivity contribution in [2.24, 2.45) is 10.9 Å². The molecule has 1 aromatic heterocycles. The number of hydrogen-bond donors (Lipinski definition) is 2. The van der Waals surface area contributed by atoms with Gasteiger partial charge in [-0.15, -0.1) is 24.0 Å². The summed E-state index contributed by atoms with van der Waals surface area (Å²) in [7, 11) is 0. The van der Waals surface area contributed by atoms with E-state index in [1.807, 2.05) is 20.8 Å². The number of guanidine groups is 1. The van der Waals surface area contributed by atoms with Gasteiger partial charge in [0, 0.05) is 24.9 Å². The van der Waals surface area contributed by atoms with Gasteiger partial charge in [0.25, 0.3) is 0 Å². The number of nitrogens with one attached hydrogen (secondary N) is 2. The van der Waals surface area contributed by atoms with Crippen LogP contribution in [0.5, 0.6) is 0 Å². The average Bonchev–Trinajstić information content (AvgIpc) is 3.04. The SMILES string of the molecule is CCNC(=NCCc1nc(C(C)C)no1)NC1CCC(C(F)(F)F)CC1.I. The van der Waals surface area contributed by atoms with Crippen molar-refractivity contribution < 1.29 is 17.7 Å². The number of hydrogen-bond acceptors (Lipinski definition) is 4. The van der Waals surface area contributed by atoms with Crippen molar-refractivity contribution in [2.75, 3.05) is 13.1 Å². The number of rotatable bonds is 6. The van der Waals surface area contributed by atoms with Gasteiger partial charge in [-0.2, -0.15) is 18.2 Å². The Bertz CT molecular complexity index is 583. The van der Waals surface area contributed by atoms with E-state index in [-0.39, 0.29) is 48.8 Å². The van der Waals surface area contributed by atoms with E-state index in [9.17, 15) is 13.2 Å². The van der Waals surface area contributed by atoms with Crippen LogP contribution in [0.1, 0.15) is 64.1 Å². The van der Waals surface area contributed by atoms with Crippen LogP contribution in [0, 0.1) is 5.92 Å². The molecule has 0 unspecified atom stereocenters. The Morgan fingerprint density at radius 2 is 1.93 bits per heavy atom. The van der Waals surface area contributed by atoms with Gasteiger partial charge in [-0.05, 0) is 32.6 Å². The number of alkyl halides is 3. The van der Waals surface area contributed by atoms with Crippen molar-refractivity contribution >= 4 is 29.9 Å². The smallest absolute Gasteiger partial charge is 0.357 e. The Kier molecular flexibility index (Phi) is 9.82. The summed E-state index contributed by atoms with van der Waals surface area (Å²) in [4.78, 5) is 8.77. The third-order valence-corrected chi connectivity index (χ3v) is 4.47. The second kappa shape index (κ2) is 11.1. The predicted molar refractivity (Wildman–Crippen MR) is 108 cm³/mol. The Labute approximate surface area is 175 Å². The molecule has 0 radical (unpaired) electrons. The molecular weight excluding hydrogens is 474 g/mol. The highest BCUT2D eigenvalue weighted by Crippen LogP contribution is 2.37. The van der Waals surface area contributed by atoms with Gasteiger partial charge < -0.3 is 15.2 Å². The highest BCUT2D eigenvalue weighted by atomic mass is 127. The monoisotopic (exact) mass is 503 g/mol. The minimum Gasteiger partial charge on any atom is -0.357 e. The fourth-order valence-corrected chi connectivity index (χ4v) is 2.95. The lowest BCUT2D eigenvalue weighted by Crippen LogP contribution is -2.46. The average molecular weight is 503 g/mol. The molecule has 10 heteroatoms. The van der Waals surface area contributed by atoms with E-state index in [1.165, 1.54) is 0 Å². The molecule has 0 bridgehead atoms. The molecular formula is C17H29F3IN5O. The molecule has 1 saturated carbocycles. The molecule has 1 aromatic rings. The molecule has 1 fully saturated rings. The van der Waals surface area contributed by atoms with Crippen LogP contribution in [0.25, 0.3) is 0 Å². The maximum Gasteiger partial charge on any atom is 0.391 e. The first-order chi connectivity index (χ1) is 12.3. The van der Waals surface area contributed by atoms with E-state index in [0.29, 0.717) is 50.0 Å². The molecule has 0 aromatic carbocycles. The third kappa shape index (κ3) is 7.82. The Balaban J connectivity index is 0.00000364. The molecule has 1 aliphatic rings. The minimum absolute atomic E-state index is 0. The molecule has 27 heavy (non-hydrogen) atoms. The van der Waals surface area contributed by atoms with Crippen LogP contribution in [0.15, 0.2) is 9.52 Å². The molecule has 0 saturated heterocycles. The number of aliphatic imine (C=N–C) groups is 1. The van der Waals surface area contributed by atoms with E-state index < -0.39 is 12.1 Å². The molecule has 0 atom stereocenters. The first kappa shape index (κ1) is 24.0. The minimum atomic E-state index is -4.08. The predicted octanol–water partition coefficient (Wildman–Crippen LogP) is 4.03. The van der Waals surface area contributed by atoms with Crippen LogP contribution in [0.3, 0.4) is 0 Å². The zero-order valence-electron chi connectivity index (χ0n) is 16.0. The van der Waals surface area contributed by atoms with Crippen molar-refractivity contribution in [3.8, 4) is 0 Å². The Morgan fingerprint density at radius 1 is 1.26 bits per heavy atom. The van der Waals surface area contributed by atoms with Crippen molar-refractivity contribution in [3.63, 3.8) is 0 Å². The quantitative estimate of drug-likeness (QED) is 0.349. The highest BCUT2D eigenvalue weighted by molar-refractivity contribution is 14.0. The van der Waals surface area contributed by atoms with Gasteiger partial charge in [0.2, 0.25) is 5.89 Å². The van der Waals surface area contributed by atoms with Crippen LogP contribution < -0.4 is 10.6 Å². The van der Waals surface area contributed by atoms with Crippen molar-refractivity contribution in [1.29, 1.82) is 0 Å². The summed E-state index contributed by atoms with van der Waals surface area (Å²) in [6.07, 6.45) is -2.23. The zero-order chi connectivity index (χ0) is 19.2. The first-order valence-corrected chi connectivity index (χ1v) is 9.23. The summed E-state index contributed by atoms with van der Waals surface area (Å²) < 4.78 is 43.4. The summed E-state index contributed by atoms with van der Waals surface area (Å²) in [6, 6.07) is 0.0161. The number of aromatic nitrogens is 2. The lowest BCUT2D eigenvalue weighted by atomic mass is 9.85. The van der Waals surface area contributed by atoms with Gasteiger partial charge in [-0.1, -0.05) is 19.0 Å². The second-order valence-corrected chi connectivity index (χ2v) is 6.95. The van der Waals surface area contributed by atoms with Gasteiger partial charge >= 0.3 is 6.18 Å². The molecule has 2 rings (SSSR count). The molecule has 0 amide bonds. The normalized spacial score (nSPS) is 21.1. The highest BCUT2D eigenvalue weighted by Gasteiger charge is 2.41. The van der Waals surface area contributed by atoms with E-state index in [4.69, 9.17) is 4.52 Å². The molecule has 0 aliphatic heterocycles. The zero-order valence-corrected chi connectivity index (χ0v) is 18.3. The Morgan fingerprint density at radius 3 is 2.44 bits per heavy atom. The molecule has 1 aliphatic carbocycles. The molecule has 1 heterocycles. The van der Waals surface area contributed by atoms with Gasteiger partial charge in [0.05, 0.1) is 12.5 Å². The lowest BCUT2D eigenvalue weighted by molar-refractivity contribution is -0.182. The Hall–Kier alpha value is -1.07. The third-order valence-electron chi connectivity index (χ3n) is 4.47. The topological polar surface area (TPSA) is 75.3 Å². The molecule has 6 nitrogen and oxygen atoms in total. The number of halogens is 4. The fourth-order valence-electron chi connectivity index (χ4n) is 2.95. The maximum atomic E-state index is 12.8. The van der Waals surface area contributed by atoms with Crippen molar-refractivity contribution in [1.82, 2.24) is 20.8 Å². The standard InChI is InChI=1S/C17H28F3N5O.HI/c1-4-21-16(22-10-9-14-24-15(11(2)3)25-26-14)23-13-7-5-12(6-8-13)17(18,19)20;/h11-13H,4-10H2,1-3H3,(H2,21,22,23);1H. The summed E-state index contributed by atoms with van der Waals surface area (Å²) in [5.74, 6) is 0.871. The van der Waals surface area contributed by atoms with Crippen LogP contribution >= 0.6 is 24.0 Å². The van der Waals surface area contributed by atoms with Crippen LogP contribution in [-0.4, -0.2) is 41.4 Å². The summed E-state index contributed by atoms with van der Waals surface area (Å²) in [6.45, 7) is 7.08. The van der Waals surface area contributed by atoms with Crippen LogP contribution in [0.4, 0.5) is 13.2 Å². The first-order valence-electron chi connectivity index (χ1n) is 9.23. The van der Waals surface area contributed by atoms with Crippen molar-refractivity contribution in [3.05, 3.63) is 11.7 Å².